The van der Waals surface area contributed by atoms with Gasteiger partial charge in [-0.15, -0.1) is 0 Å². The zero-order chi connectivity index (χ0) is 24.2. The Kier molecular flexibility index (Phi) is 5.68. The van der Waals surface area contributed by atoms with Crippen molar-refractivity contribution in [3.8, 4) is 0 Å². The van der Waals surface area contributed by atoms with Crippen molar-refractivity contribution in [2.24, 2.45) is 0 Å². The second-order valence-corrected chi connectivity index (χ2v) is 10.5. The van der Waals surface area contributed by atoms with Crippen molar-refractivity contribution < 1.29 is 18.7 Å². The molecule has 1 atom stereocenters. The molecule has 6 rings (SSSR count). The van der Waals surface area contributed by atoms with Crippen molar-refractivity contribution in [1.82, 2.24) is 15.1 Å². The first-order valence-corrected chi connectivity index (χ1v) is 13.0. The molecule has 186 valence electrons. The number of halogens is 1. The normalized spacial score (nSPS) is 23.8. The molecule has 2 saturated heterocycles. The van der Waals surface area contributed by atoms with E-state index in [-0.39, 0.29) is 23.5 Å². The molecule has 9 heteroatoms. The number of ether oxygens (including phenoxy) is 1. The molecule has 1 unspecified atom stereocenters. The molecule has 35 heavy (non-hydrogen) atoms. The number of hydrogen-bond acceptors (Lipinski definition) is 6. The van der Waals surface area contributed by atoms with Crippen LogP contribution >= 0.6 is 11.6 Å². The van der Waals surface area contributed by atoms with E-state index in [4.69, 9.17) is 20.8 Å². The van der Waals surface area contributed by atoms with E-state index in [0.717, 1.165) is 61.0 Å². The lowest BCUT2D eigenvalue weighted by atomic mass is 9.74. The minimum absolute atomic E-state index is 0.0407. The monoisotopic (exact) mass is 498 g/mol. The van der Waals surface area contributed by atoms with Crippen LogP contribution in [0.4, 0.5) is 5.69 Å². The van der Waals surface area contributed by atoms with Gasteiger partial charge in [-0.25, -0.2) is 0 Å². The molecule has 4 aliphatic rings. The molecule has 1 saturated carbocycles. The first kappa shape index (κ1) is 22.7. The standard InChI is InChI=1S/C26H31ClN4O4/c1-16-28-22-18(27)14-17-15-20(35-23(17)21(22)26(29-16)7-3-2-4-8-26)25(33)31-11-9-30(10-12-31)24(32)19-6-5-13-34-19/h14-15,19,28-29H,1-13H2. The van der Waals surface area contributed by atoms with Gasteiger partial charge in [-0.1, -0.05) is 37.4 Å². The first-order valence-electron chi connectivity index (χ1n) is 12.7. The van der Waals surface area contributed by atoms with E-state index in [9.17, 15) is 9.59 Å². The van der Waals surface area contributed by atoms with Gasteiger partial charge in [0.2, 0.25) is 0 Å². The summed E-state index contributed by atoms with van der Waals surface area (Å²) in [4.78, 5) is 29.6. The van der Waals surface area contributed by atoms with Gasteiger partial charge in [0.1, 0.15) is 11.7 Å². The number of amides is 2. The van der Waals surface area contributed by atoms with Gasteiger partial charge in [-0.3, -0.25) is 9.59 Å². The highest BCUT2D eigenvalue weighted by Crippen LogP contribution is 2.49. The number of nitrogens with one attached hydrogen (secondary N) is 2. The van der Waals surface area contributed by atoms with Crippen LogP contribution in [0.2, 0.25) is 5.02 Å². The topological polar surface area (TPSA) is 87.1 Å². The van der Waals surface area contributed by atoms with Gasteiger partial charge in [0.15, 0.2) is 5.76 Å². The fraction of sp³-hybridized carbons (Fsp3) is 0.538. The molecule has 4 heterocycles. The maximum absolute atomic E-state index is 13.4. The van der Waals surface area contributed by atoms with E-state index < -0.39 is 0 Å². The summed E-state index contributed by atoms with van der Waals surface area (Å²) >= 11 is 6.71. The molecule has 1 aromatic carbocycles. The Morgan fingerprint density at radius 3 is 2.51 bits per heavy atom. The molecule has 0 radical (unpaired) electrons. The number of rotatable bonds is 2. The molecule has 0 bridgehead atoms. The fourth-order valence-corrected chi connectivity index (χ4v) is 6.42. The maximum Gasteiger partial charge on any atom is 0.289 e. The Morgan fingerprint density at radius 2 is 1.80 bits per heavy atom. The Labute approximate surface area is 209 Å². The molecular weight excluding hydrogens is 468 g/mol. The minimum atomic E-state index is -0.325. The quantitative estimate of drug-likeness (QED) is 0.645. The number of fused-ring (bicyclic) bond motifs is 4. The SMILES string of the molecule is C=C1Nc2c(Cl)cc3cc(C(=O)N4CCN(C(=O)C5CCCO5)CC4)oc3c2C2(CCCCC2)N1. The molecule has 1 spiro atoms. The average Bonchev–Trinajstić information content (AvgIpc) is 3.54. The van der Waals surface area contributed by atoms with E-state index in [1.807, 2.05) is 11.0 Å². The number of benzene rings is 1. The smallest absolute Gasteiger partial charge is 0.289 e. The van der Waals surface area contributed by atoms with Crippen LogP contribution in [0.25, 0.3) is 11.0 Å². The fourth-order valence-electron chi connectivity index (χ4n) is 6.16. The van der Waals surface area contributed by atoms with Gasteiger partial charge in [0.25, 0.3) is 11.8 Å². The van der Waals surface area contributed by atoms with Crippen LogP contribution in [-0.4, -0.2) is 60.5 Å². The van der Waals surface area contributed by atoms with Crippen LogP contribution in [0.15, 0.2) is 28.9 Å². The Morgan fingerprint density at radius 1 is 1.06 bits per heavy atom. The third-order valence-corrected chi connectivity index (χ3v) is 8.20. The summed E-state index contributed by atoms with van der Waals surface area (Å²) in [5.41, 5.74) is 2.22. The molecule has 8 nitrogen and oxygen atoms in total. The Balaban J connectivity index is 1.27. The van der Waals surface area contributed by atoms with Crippen LogP contribution in [0, 0.1) is 0 Å². The van der Waals surface area contributed by atoms with Crippen LogP contribution in [0.3, 0.4) is 0 Å². The molecule has 3 fully saturated rings. The minimum Gasteiger partial charge on any atom is -0.450 e. The summed E-state index contributed by atoms with van der Waals surface area (Å²) in [6, 6.07) is 3.66. The largest absolute Gasteiger partial charge is 0.450 e. The van der Waals surface area contributed by atoms with E-state index in [0.29, 0.717) is 49.2 Å². The molecule has 1 aromatic heterocycles. The predicted octanol–water partition coefficient (Wildman–Crippen LogP) is 4.20. The molecular formula is C26H31ClN4O4. The van der Waals surface area contributed by atoms with Crippen molar-refractivity contribution >= 4 is 40.1 Å². The summed E-state index contributed by atoms with van der Waals surface area (Å²) in [5.74, 6) is 0.922. The highest BCUT2D eigenvalue weighted by atomic mass is 35.5. The van der Waals surface area contributed by atoms with Gasteiger partial charge < -0.3 is 29.6 Å². The van der Waals surface area contributed by atoms with Gasteiger partial charge in [-0.2, -0.15) is 0 Å². The molecule has 1 aliphatic carbocycles. The Bertz CT molecular complexity index is 1190. The average molecular weight is 499 g/mol. The highest BCUT2D eigenvalue weighted by Gasteiger charge is 2.42. The zero-order valence-electron chi connectivity index (χ0n) is 19.8. The second-order valence-electron chi connectivity index (χ2n) is 10.1. The van der Waals surface area contributed by atoms with Crippen LogP contribution < -0.4 is 10.6 Å². The van der Waals surface area contributed by atoms with Crippen molar-refractivity contribution in [1.29, 1.82) is 0 Å². The molecule has 3 aliphatic heterocycles. The highest BCUT2D eigenvalue weighted by molar-refractivity contribution is 6.34. The number of piperazine rings is 1. The molecule has 2 N–H and O–H groups in total. The van der Waals surface area contributed by atoms with Crippen LogP contribution in [-0.2, 0) is 15.1 Å². The van der Waals surface area contributed by atoms with Crippen molar-refractivity contribution in [3.05, 3.63) is 40.9 Å². The lowest BCUT2D eigenvalue weighted by molar-refractivity contribution is -0.142. The second kappa shape index (κ2) is 8.75. The number of carbonyl (C=O) groups excluding carboxylic acids is 2. The summed E-state index contributed by atoms with van der Waals surface area (Å²) in [5, 5.41) is 8.29. The van der Waals surface area contributed by atoms with Gasteiger partial charge in [-0.05, 0) is 37.8 Å². The molecule has 2 amide bonds. The lowest BCUT2D eigenvalue weighted by Gasteiger charge is -2.44. The number of hydrogen-bond donors (Lipinski definition) is 2. The van der Waals surface area contributed by atoms with Gasteiger partial charge in [0, 0.05) is 43.7 Å². The van der Waals surface area contributed by atoms with Crippen molar-refractivity contribution in [2.45, 2.75) is 56.6 Å². The van der Waals surface area contributed by atoms with Crippen LogP contribution in [0.5, 0.6) is 0 Å². The zero-order valence-corrected chi connectivity index (χ0v) is 20.6. The maximum atomic E-state index is 13.4. The van der Waals surface area contributed by atoms with Gasteiger partial charge in [0.05, 0.1) is 22.1 Å². The van der Waals surface area contributed by atoms with E-state index in [1.54, 1.807) is 11.0 Å². The number of furan rings is 1. The third kappa shape index (κ3) is 3.87. The van der Waals surface area contributed by atoms with Gasteiger partial charge >= 0.3 is 0 Å². The van der Waals surface area contributed by atoms with E-state index in [1.165, 1.54) is 6.42 Å². The third-order valence-electron chi connectivity index (χ3n) is 7.91. The van der Waals surface area contributed by atoms with Crippen molar-refractivity contribution in [2.75, 3.05) is 38.1 Å². The van der Waals surface area contributed by atoms with Crippen LogP contribution in [0.1, 0.15) is 61.1 Å². The number of nitrogens with zero attached hydrogens (tertiary/aromatic N) is 2. The number of carbonyl (C=O) groups is 2. The summed E-state index contributed by atoms with van der Waals surface area (Å²) in [6.45, 7) is 6.72. The first-order chi connectivity index (χ1) is 16.9. The predicted molar refractivity (Wildman–Crippen MR) is 133 cm³/mol. The summed E-state index contributed by atoms with van der Waals surface area (Å²) in [7, 11) is 0. The number of anilines is 1. The Hall–Kier alpha value is -2.71. The lowest BCUT2D eigenvalue weighted by Crippen LogP contribution is -2.52. The summed E-state index contributed by atoms with van der Waals surface area (Å²) in [6.07, 6.45) is 6.71. The van der Waals surface area contributed by atoms with Crippen molar-refractivity contribution in [3.63, 3.8) is 0 Å². The molecule has 2 aromatic rings. The summed E-state index contributed by atoms with van der Waals surface area (Å²) < 4.78 is 11.8. The van der Waals surface area contributed by atoms with E-state index >= 15 is 0 Å². The van der Waals surface area contributed by atoms with E-state index in [2.05, 4.69) is 17.2 Å².